The molecule has 1 unspecified atom stereocenters. The molecule has 1 N–H and O–H groups in total. The first-order valence-electron chi connectivity index (χ1n) is 8.80. The summed E-state index contributed by atoms with van der Waals surface area (Å²) >= 11 is 0. The summed E-state index contributed by atoms with van der Waals surface area (Å²) in [5, 5.41) is 9.77. The van der Waals surface area contributed by atoms with Crippen LogP contribution in [-0.2, 0) is 16.8 Å². The van der Waals surface area contributed by atoms with Crippen LogP contribution in [0.5, 0.6) is 5.75 Å². The van der Waals surface area contributed by atoms with E-state index in [1.54, 1.807) is 27.9 Å². The van der Waals surface area contributed by atoms with Crippen LogP contribution in [0.1, 0.15) is 35.7 Å². The molecule has 0 bridgehead atoms. The van der Waals surface area contributed by atoms with Crippen LogP contribution in [0.2, 0.25) is 0 Å². The average molecular weight is 355 g/mol. The van der Waals surface area contributed by atoms with Crippen LogP contribution >= 0.6 is 0 Å². The number of benzene rings is 1. The van der Waals surface area contributed by atoms with Crippen molar-refractivity contribution in [2.24, 2.45) is 0 Å². The number of ether oxygens (including phenoxy) is 1. The zero-order chi connectivity index (χ0) is 18.3. The van der Waals surface area contributed by atoms with Gasteiger partial charge in [0.25, 0.3) is 5.91 Å². The number of carbonyl (C=O) groups excluding carboxylic acids is 1. The van der Waals surface area contributed by atoms with Crippen LogP contribution in [0.4, 0.5) is 0 Å². The summed E-state index contributed by atoms with van der Waals surface area (Å²) in [5.74, 6) is -0.0964. The molecule has 1 saturated heterocycles. The van der Waals surface area contributed by atoms with E-state index in [1.807, 2.05) is 19.1 Å². The second kappa shape index (κ2) is 6.16. The Morgan fingerprint density at radius 1 is 1.31 bits per heavy atom. The molecule has 1 aromatic carbocycles. The number of piperidine rings is 1. The predicted octanol–water partition coefficient (Wildman–Crippen LogP) is 1.92. The van der Waals surface area contributed by atoms with E-state index < -0.39 is 11.5 Å². The zero-order valence-electron chi connectivity index (χ0n) is 14.6. The minimum absolute atomic E-state index is 0.0584. The first kappa shape index (κ1) is 16.6. The molecule has 7 nitrogen and oxygen atoms in total. The number of aliphatic carboxylic acids is 1. The van der Waals surface area contributed by atoms with Crippen molar-refractivity contribution in [3.8, 4) is 5.75 Å². The zero-order valence-corrected chi connectivity index (χ0v) is 14.6. The topological polar surface area (TPSA) is 84.7 Å². The maximum Gasteiger partial charge on any atom is 0.330 e. The maximum absolute atomic E-state index is 12.9. The number of fused-ring (bicyclic) bond motifs is 1. The van der Waals surface area contributed by atoms with Gasteiger partial charge in [-0.3, -0.25) is 4.79 Å². The first-order chi connectivity index (χ1) is 12.5. The van der Waals surface area contributed by atoms with Crippen LogP contribution in [0.15, 0.2) is 36.9 Å². The number of carboxylic acid groups (broad SMARTS) is 1. The SMILES string of the molecule is CC1Cc2cc(C(=O)N3CCC(C(=O)O)(n4ccnc4)CC3)ccc2O1. The van der Waals surface area contributed by atoms with Gasteiger partial charge in [0, 0.05) is 37.5 Å². The number of nitrogens with zero attached hydrogens (tertiary/aromatic N) is 3. The summed E-state index contributed by atoms with van der Waals surface area (Å²) in [6.07, 6.45) is 6.44. The molecular weight excluding hydrogens is 334 g/mol. The Morgan fingerprint density at radius 2 is 2.08 bits per heavy atom. The molecule has 1 amide bonds. The number of carbonyl (C=O) groups is 2. The highest BCUT2D eigenvalue weighted by Crippen LogP contribution is 2.33. The molecule has 0 spiro atoms. The lowest BCUT2D eigenvalue weighted by Crippen LogP contribution is -2.52. The lowest BCUT2D eigenvalue weighted by atomic mass is 9.87. The normalized spacial score (nSPS) is 21.1. The molecule has 1 aromatic heterocycles. The van der Waals surface area contributed by atoms with E-state index in [1.165, 1.54) is 6.33 Å². The molecule has 2 aliphatic heterocycles. The average Bonchev–Trinajstić information content (AvgIpc) is 3.29. The number of carboxylic acids is 1. The first-order valence-corrected chi connectivity index (χ1v) is 8.80. The Morgan fingerprint density at radius 3 is 2.73 bits per heavy atom. The summed E-state index contributed by atoms with van der Waals surface area (Å²) in [4.78, 5) is 30.5. The molecule has 0 aliphatic carbocycles. The standard InChI is InChI=1S/C19H21N3O4/c1-13-10-15-11-14(2-3-16(15)26-13)17(23)21-7-4-19(5-8-21,18(24)25)22-9-6-20-12-22/h2-3,6,9,11-13H,4-5,7-8,10H2,1H3,(H,24,25). The minimum atomic E-state index is -1.03. The number of amides is 1. The van der Waals surface area contributed by atoms with E-state index in [-0.39, 0.29) is 12.0 Å². The van der Waals surface area contributed by atoms with Gasteiger partial charge < -0.3 is 19.3 Å². The van der Waals surface area contributed by atoms with E-state index in [0.29, 0.717) is 31.5 Å². The van der Waals surface area contributed by atoms with E-state index >= 15 is 0 Å². The fourth-order valence-electron chi connectivity index (χ4n) is 3.91. The van der Waals surface area contributed by atoms with Gasteiger partial charge in [0.1, 0.15) is 17.4 Å². The largest absolute Gasteiger partial charge is 0.490 e. The highest BCUT2D eigenvalue weighted by molar-refractivity contribution is 5.95. The van der Waals surface area contributed by atoms with Crippen LogP contribution in [0.25, 0.3) is 0 Å². The molecule has 7 heteroatoms. The van der Waals surface area contributed by atoms with Gasteiger partial charge in [-0.1, -0.05) is 0 Å². The van der Waals surface area contributed by atoms with Crippen molar-refractivity contribution in [3.05, 3.63) is 48.0 Å². The molecule has 26 heavy (non-hydrogen) atoms. The smallest absolute Gasteiger partial charge is 0.330 e. The van der Waals surface area contributed by atoms with Gasteiger partial charge in [-0.15, -0.1) is 0 Å². The van der Waals surface area contributed by atoms with E-state index in [0.717, 1.165) is 17.7 Å². The number of rotatable bonds is 3. The predicted molar refractivity (Wildman–Crippen MR) is 93.2 cm³/mol. The molecule has 0 radical (unpaired) electrons. The van der Waals surface area contributed by atoms with E-state index in [9.17, 15) is 14.7 Å². The molecule has 4 rings (SSSR count). The van der Waals surface area contributed by atoms with Gasteiger partial charge in [0.15, 0.2) is 0 Å². The fourth-order valence-corrected chi connectivity index (χ4v) is 3.91. The summed E-state index contributed by atoms with van der Waals surface area (Å²) in [6.45, 7) is 2.80. The van der Waals surface area contributed by atoms with Gasteiger partial charge in [-0.25, -0.2) is 9.78 Å². The summed E-state index contributed by atoms with van der Waals surface area (Å²) < 4.78 is 7.33. The number of hydrogen-bond donors (Lipinski definition) is 1. The van der Waals surface area contributed by atoms with Crippen LogP contribution in [0.3, 0.4) is 0 Å². The van der Waals surface area contributed by atoms with E-state index in [4.69, 9.17) is 4.74 Å². The van der Waals surface area contributed by atoms with Crippen LogP contribution in [-0.4, -0.2) is 50.6 Å². The molecular formula is C19H21N3O4. The third kappa shape index (κ3) is 2.64. The monoisotopic (exact) mass is 355 g/mol. The fraction of sp³-hybridized carbons (Fsp3) is 0.421. The second-order valence-corrected chi connectivity index (χ2v) is 7.05. The third-order valence-corrected chi connectivity index (χ3v) is 5.42. The van der Waals surface area contributed by atoms with Crippen molar-refractivity contribution < 1.29 is 19.4 Å². The van der Waals surface area contributed by atoms with Gasteiger partial charge in [0.05, 0.1) is 6.33 Å². The Labute approximate surface area is 151 Å². The van der Waals surface area contributed by atoms with Crippen molar-refractivity contribution in [2.45, 2.75) is 37.8 Å². The summed E-state index contributed by atoms with van der Waals surface area (Å²) in [7, 11) is 0. The minimum Gasteiger partial charge on any atom is -0.490 e. The number of hydrogen-bond acceptors (Lipinski definition) is 4. The number of aromatic nitrogens is 2. The Balaban J connectivity index is 1.50. The van der Waals surface area contributed by atoms with Crippen LogP contribution < -0.4 is 4.74 Å². The number of imidazole rings is 1. The lowest BCUT2D eigenvalue weighted by Gasteiger charge is -2.39. The molecule has 0 saturated carbocycles. The molecule has 2 aromatic rings. The Kier molecular flexibility index (Phi) is 3.94. The number of likely N-dealkylation sites (tertiary alicyclic amines) is 1. The molecule has 1 atom stereocenters. The van der Waals surface area contributed by atoms with E-state index in [2.05, 4.69) is 4.98 Å². The van der Waals surface area contributed by atoms with Crippen molar-refractivity contribution in [1.29, 1.82) is 0 Å². The molecule has 2 aliphatic rings. The highest BCUT2D eigenvalue weighted by Gasteiger charge is 2.44. The summed E-state index contributed by atoms with van der Waals surface area (Å²) in [5.41, 5.74) is 0.652. The quantitative estimate of drug-likeness (QED) is 0.909. The lowest BCUT2D eigenvalue weighted by molar-refractivity contribution is -0.150. The van der Waals surface area contributed by atoms with Crippen molar-refractivity contribution in [1.82, 2.24) is 14.5 Å². The maximum atomic E-state index is 12.9. The van der Waals surface area contributed by atoms with Crippen molar-refractivity contribution in [2.75, 3.05) is 13.1 Å². The molecule has 3 heterocycles. The van der Waals surface area contributed by atoms with Crippen molar-refractivity contribution in [3.63, 3.8) is 0 Å². The highest BCUT2D eigenvalue weighted by atomic mass is 16.5. The van der Waals surface area contributed by atoms with Gasteiger partial charge in [-0.05, 0) is 43.5 Å². The van der Waals surface area contributed by atoms with Gasteiger partial charge in [0.2, 0.25) is 0 Å². The van der Waals surface area contributed by atoms with Crippen LogP contribution in [0, 0.1) is 0 Å². The second-order valence-electron chi connectivity index (χ2n) is 7.05. The van der Waals surface area contributed by atoms with Gasteiger partial charge in [-0.2, -0.15) is 0 Å². The van der Waals surface area contributed by atoms with Gasteiger partial charge >= 0.3 is 5.97 Å². The summed E-state index contributed by atoms with van der Waals surface area (Å²) in [6, 6.07) is 5.53. The Bertz CT molecular complexity index is 838. The Hall–Kier alpha value is -2.83. The molecule has 136 valence electrons. The van der Waals surface area contributed by atoms with Crippen molar-refractivity contribution >= 4 is 11.9 Å². The molecule has 1 fully saturated rings. The third-order valence-electron chi connectivity index (χ3n) is 5.42.